The summed E-state index contributed by atoms with van der Waals surface area (Å²) in [5.74, 6) is -1.90. The van der Waals surface area contributed by atoms with Crippen LogP contribution in [0.3, 0.4) is 0 Å². The van der Waals surface area contributed by atoms with Crippen LogP contribution in [-0.4, -0.2) is 45.8 Å². The number of nitriles is 1. The summed E-state index contributed by atoms with van der Waals surface area (Å²) in [7, 11) is 0. The number of nitrogens with one attached hydrogen (secondary N) is 2. The van der Waals surface area contributed by atoms with Crippen molar-refractivity contribution in [3.63, 3.8) is 0 Å². The molecule has 3 atom stereocenters. The average molecular weight is 842 g/mol. The van der Waals surface area contributed by atoms with Gasteiger partial charge in [-0.2, -0.15) is 5.26 Å². The van der Waals surface area contributed by atoms with Crippen molar-refractivity contribution in [2.45, 2.75) is 44.2 Å². The molecule has 0 saturated heterocycles. The third kappa shape index (κ3) is 8.54. The Kier molecular flexibility index (Phi) is 11.3. The maximum atomic E-state index is 14.1. The Morgan fingerprint density at radius 3 is 2.28 bits per heavy atom. The normalized spacial score (nSPS) is 15.9. The second kappa shape index (κ2) is 17.0. The van der Waals surface area contributed by atoms with Gasteiger partial charge in [-0.25, -0.2) is 4.79 Å². The molecular formula is C46H34Cl2N4O8. The van der Waals surface area contributed by atoms with E-state index in [1.54, 1.807) is 78.9 Å². The number of nitrogens with zero attached hydrogens (tertiary/aromatic N) is 2. The highest BCUT2D eigenvalue weighted by molar-refractivity contribution is 6.42. The van der Waals surface area contributed by atoms with E-state index in [0.29, 0.717) is 55.0 Å². The molecule has 14 heteroatoms. The Bertz CT molecular complexity index is 2640. The molecule has 300 valence electrons. The van der Waals surface area contributed by atoms with E-state index in [1.165, 1.54) is 17.2 Å². The van der Waals surface area contributed by atoms with Gasteiger partial charge in [0, 0.05) is 24.9 Å². The highest BCUT2D eigenvalue weighted by Crippen LogP contribution is 2.40. The van der Waals surface area contributed by atoms with Crippen molar-refractivity contribution in [2.75, 3.05) is 5.32 Å². The Morgan fingerprint density at radius 2 is 1.62 bits per heavy atom. The first-order valence-electron chi connectivity index (χ1n) is 18.8. The van der Waals surface area contributed by atoms with Crippen LogP contribution < -0.4 is 20.1 Å². The molecule has 0 bridgehead atoms. The van der Waals surface area contributed by atoms with Gasteiger partial charge < -0.3 is 34.5 Å². The van der Waals surface area contributed by atoms with Gasteiger partial charge in [0.15, 0.2) is 5.76 Å². The van der Waals surface area contributed by atoms with Crippen LogP contribution in [0.4, 0.5) is 5.69 Å². The number of rotatable bonds is 11. The van der Waals surface area contributed by atoms with E-state index < -0.39 is 41.9 Å². The summed E-state index contributed by atoms with van der Waals surface area (Å²) in [4.78, 5) is 55.1. The fourth-order valence-corrected chi connectivity index (χ4v) is 7.53. The summed E-state index contributed by atoms with van der Waals surface area (Å²) in [5.41, 5.74) is 6.15. The largest absolute Gasteiger partial charge is 0.489 e. The minimum Gasteiger partial charge on any atom is -0.489 e. The van der Waals surface area contributed by atoms with Crippen molar-refractivity contribution in [1.29, 1.82) is 5.26 Å². The number of carboxylic acids is 1. The molecule has 3 heterocycles. The Labute approximate surface area is 353 Å². The molecule has 0 saturated carbocycles. The zero-order valence-corrected chi connectivity index (χ0v) is 33.1. The molecule has 12 nitrogen and oxygen atoms in total. The predicted molar refractivity (Wildman–Crippen MR) is 222 cm³/mol. The number of carbonyl (C=O) groups is 4. The van der Waals surface area contributed by atoms with E-state index in [0.717, 1.165) is 16.7 Å². The first-order chi connectivity index (χ1) is 29.0. The van der Waals surface area contributed by atoms with Gasteiger partial charge in [0.1, 0.15) is 30.2 Å². The summed E-state index contributed by atoms with van der Waals surface area (Å²) in [6.07, 6.45) is 0.378. The summed E-state index contributed by atoms with van der Waals surface area (Å²) in [5, 5.41) is 25.8. The highest BCUT2D eigenvalue weighted by Gasteiger charge is 2.39. The number of aliphatic carboxylic acids is 1. The van der Waals surface area contributed by atoms with E-state index in [9.17, 15) is 24.3 Å². The predicted octanol–water partition coefficient (Wildman–Crippen LogP) is 8.16. The lowest BCUT2D eigenvalue weighted by molar-refractivity contribution is -0.142. The molecule has 0 spiro atoms. The van der Waals surface area contributed by atoms with Crippen molar-refractivity contribution in [3.05, 3.63) is 171 Å². The van der Waals surface area contributed by atoms with Crippen molar-refractivity contribution in [2.24, 2.45) is 0 Å². The van der Waals surface area contributed by atoms with Gasteiger partial charge in [-0.15, -0.1) is 0 Å². The summed E-state index contributed by atoms with van der Waals surface area (Å²) >= 11 is 12.1. The van der Waals surface area contributed by atoms with E-state index in [4.69, 9.17) is 42.4 Å². The van der Waals surface area contributed by atoms with E-state index >= 15 is 0 Å². The smallest absolute Gasteiger partial charge is 0.326 e. The topological polar surface area (TPSA) is 171 Å². The molecule has 3 amide bonds. The molecule has 1 aromatic heterocycles. The van der Waals surface area contributed by atoms with Crippen LogP contribution in [0.2, 0.25) is 10.0 Å². The SMILES string of the molecule is N#Cc1ccc(-c2ccc(C[C@H](NC(=O)C3Cc4cc5c(cc4CN3C(=O)c3ccco3)O[C@@H](c3ccc(OCc4ccc(Cl)c(Cl)c4)cc3)C(=O)N5)C(=O)O)cc2)cc1. The molecule has 0 radical (unpaired) electrons. The maximum absolute atomic E-state index is 14.1. The molecule has 60 heavy (non-hydrogen) atoms. The summed E-state index contributed by atoms with van der Waals surface area (Å²) in [6.45, 7) is 0.232. The highest BCUT2D eigenvalue weighted by atomic mass is 35.5. The minimum absolute atomic E-state index is 0.0133. The Hall–Kier alpha value is -7.07. The van der Waals surface area contributed by atoms with Crippen LogP contribution in [0, 0.1) is 11.3 Å². The molecule has 0 fully saturated rings. The fourth-order valence-electron chi connectivity index (χ4n) is 7.21. The third-order valence-electron chi connectivity index (χ3n) is 10.4. The van der Waals surface area contributed by atoms with Crippen molar-refractivity contribution in [3.8, 4) is 28.7 Å². The summed E-state index contributed by atoms with van der Waals surface area (Å²) < 4.78 is 17.6. The molecular weight excluding hydrogens is 807 g/mol. The van der Waals surface area contributed by atoms with E-state index in [-0.39, 0.29) is 31.8 Å². The van der Waals surface area contributed by atoms with Gasteiger partial charge in [0.05, 0.1) is 33.6 Å². The molecule has 3 N–H and O–H groups in total. The second-order valence-corrected chi connectivity index (χ2v) is 15.1. The Balaban J connectivity index is 0.981. The first kappa shape index (κ1) is 39.7. The van der Waals surface area contributed by atoms with Crippen LogP contribution in [-0.2, 0) is 40.4 Å². The van der Waals surface area contributed by atoms with Gasteiger partial charge >= 0.3 is 5.97 Å². The van der Waals surface area contributed by atoms with Crippen LogP contribution in [0.5, 0.6) is 11.5 Å². The molecule has 0 aliphatic carbocycles. The number of carbonyl (C=O) groups excluding carboxylic acids is 3. The van der Waals surface area contributed by atoms with Crippen molar-refractivity contribution < 1.29 is 38.2 Å². The number of hydrogen-bond donors (Lipinski definition) is 3. The number of fused-ring (bicyclic) bond motifs is 2. The van der Waals surface area contributed by atoms with Gasteiger partial charge in [-0.1, -0.05) is 77.8 Å². The number of halogens is 2. The number of hydrogen-bond acceptors (Lipinski definition) is 8. The molecule has 2 aliphatic rings. The second-order valence-electron chi connectivity index (χ2n) is 14.3. The quantitative estimate of drug-likeness (QED) is 0.116. The lowest BCUT2D eigenvalue weighted by Crippen LogP contribution is -2.55. The maximum Gasteiger partial charge on any atom is 0.326 e. The minimum atomic E-state index is -1.31. The number of ether oxygens (including phenoxy) is 2. The monoisotopic (exact) mass is 840 g/mol. The van der Waals surface area contributed by atoms with Gasteiger partial charge in [0.2, 0.25) is 12.0 Å². The van der Waals surface area contributed by atoms with Crippen molar-refractivity contribution in [1.82, 2.24) is 10.2 Å². The van der Waals surface area contributed by atoms with E-state index in [2.05, 4.69) is 16.7 Å². The number of furan rings is 1. The molecule has 1 unspecified atom stereocenters. The Morgan fingerprint density at radius 1 is 0.900 bits per heavy atom. The summed E-state index contributed by atoms with van der Waals surface area (Å²) in [6, 6.07) is 32.8. The molecule has 5 aromatic carbocycles. The van der Waals surface area contributed by atoms with Gasteiger partial charge in [-0.3, -0.25) is 14.4 Å². The lowest BCUT2D eigenvalue weighted by atomic mass is 9.91. The third-order valence-corrected chi connectivity index (χ3v) is 11.1. The molecule has 2 aliphatic heterocycles. The first-order valence-corrected chi connectivity index (χ1v) is 19.6. The van der Waals surface area contributed by atoms with Crippen LogP contribution in [0.25, 0.3) is 11.1 Å². The molecule has 8 rings (SSSR count). The average Bonchev–Trinajstić information content (AvgIpc) is 3.81. The van der Waals surface area contributed by atoms with Gasteiger partial charge in [0.25, 0.3) is 11.8 Å². The number of anilines is 1. The zero-order chi connectivity index (χ0) is 41.9. The van der Waals surface area contributed by atoms with Crippen LogP contribution in [0.1, 0.15) is 50.0 Å². The number of benzene rings is 5. The van der Waals surface area contributed by atoms with Gasteiger partial charge in [-0.05, 0) is 94.0 Å². The van der Waals surface area contributed by atoms with Crippen LogP contribution >= 0.6 is 23.2 Å². The lowest BCUT2D eigenvalue weighted by Gasteiger charge is -2.37. The molecule has 6 aromatic rings. The number of amides is 3. The fraction of sp³-hybridized carbons (Fsp3) is 0.152. The number of carboxylic acid groups (broad SMARTS) is 1. The standard InChI is InChI=1S/C46H34Cl2N4O8/c47-35-16-7-28(18-36(35)48)25-59-34-14-12-31(13-15-34)42-44(54)50-37-20-32-21-39(52(24-33(32)22-41(37)60-42)45(55)40-2-1-17-58-40)43(53)51-38(46(56)57)19-26-3-8-29(9-4-26)30-10-5-27(23-49)6-11-30/h1-18,20,22,38-39,42H,19,21,24-25H2,(H,50,54)(H,51,53)(H,56,57)/t38-,39?,42-/m0/s1. The van der Waals surface area contributed by atoms with Crippen molar-refractivity contribution >= 4 is 52.6 Å². The van der Waals surface area contributed by atoms with Crippen LogP contribution in [0.15, 0.2) is 126 Å². The van der Waals surface area contributed by atoms with E-state index in [1.807, 2.05) is 30.3 Å². The zero-order valence-electron chi connectivity index (χ0n) is 31.6.